The largest absolute Gasteiger partial charge is 0.497 e. The van der Waals surface area contributed by atoms with Crippen LogP contribution in [0.15, 0.2) is 59.2 Å². The van der Waals surface area contributed by atoms with Crippen molar-refractivity contribution in [1.29, 1.82) is 0 Å². The van der Waals surface area contributed by atoms with Crippen molar-refractivity contribution in [2.24, 2.45) is 0 Å². The Balaban J connectivity index is 1.45. The summed E-state index contributed by atoms with van der Waals surface area (Å²) in [6.07, 6.45) is 4.10. The molecule has 1 fully saturated rings. The number of hydrogen-bond acceptors (Lipinski definition) is 4. The van der Waals surface area contributed by atoms with Gasteiger partial charge >= 0.3 is 0 Å². The SMILES string of the molecule is COc1ccc2cc([C@H](C)C(=O)NCC(c3ccco3)N3CCCC3)ccc2c1. The van der Waals surface area contributed by atoms with Gasteiger partial charge in [-0.3, -0.25) is 9.69 Å². The lowest BCUT2D eigenvalue weighted by atomic mass is 9.97. The van der Waals surface area contributed by atoms with Crippen molar-refractivity contribution in [3.8, 4) is 5.75 Å². The van der Waals surface area contributed by atoms with E-state index in [1.807, 2.05) is 49.4 Å². The first-order valence-corrected chi connectivity index (χ1v) is 10.3. The standard InChI is InChI=1S/C24H28N2O3/c1-17(18-7-8-20-15-21(28-2)10-9-19(20)14-18)24(27)25-16-22(23-6-5-13-29-23)26-11-3-4-12-26/h5-10,13-15,17,22H,3-4,11-12,16H2,1-2H3,(H,25,27)/t17-,22?/m0/s1. The molecular weight excluding hydrogens is 364 g/mol. The van der Waals surface area contributed by atoms with Gasteiger partial charge in [-0.1, -0.05) is 24.3 Å². The minimum atomic E-state index is -0.225. The monoisotopic (exact) mass is 392 g/mol. The molecule has 5 heteroatoms. The number of hydrogen-bond donors (Lipinski definition) is 1. The molecule has 1 unspecified atom stereocenters. The molecular formula is C24H28N2O3. The lowest BCUT2D eigenvalue weighted by Crippen LogP contribution is -2.38. The van der Waals surface area contributed by atoms with Crippen LogP contribution in [0.4, 0.5) is 0 Å². The third kappa shape index (κ3) is 4.30. The van der Waals surface area contributed by atoms with E-state index in [0.29, 0.717) is 6.54 Å². The van der Waals surface area contributed by atoms with Gasteiger partial charge in [-0.2, -0.15) is 0 Å². The number of furan rings is 1. The van der Waals surface area contributed by atoms with Crippen LogP contribution in [-0.4, -0.2) is 37.6 Å². The minimum Gasteiger partial charge on any atom is -0.497 e. The number of carbonyl (C=O) groups excluding carboxylic acids is 1. The van der Waals surface area contributed by atoms with E-state index in [1.165, 1.54) is 12.8 Å². The van der Waals surface area contributed by atoms with E-state index in [2.05, 4.69) is 16.3 Å². The predicted octanol–water partition coefficient (Wildman–Crippen LogP) is 4.50. The maximum atomic E-state index is 12.9. The number of fused-ring (bicyclic) bond motifs is 1. The number of nitrogens with zero attached hydrogens (tertiary/aromatic N) is 1. The van der Waals surface area contributed by atoms with Crippen LogP contribution in [0.25, 0.3) is 10.8 Å². The molecule has 3 aromatic rings. The van der Waals surface area contributed by atoms with Crippen LogP contribution in [0.1, 0.15) is 43.0 Å². The van der Waals surface area contributed by atoms with Gasteiger partial charge in [0.2, 0.25) is 5.91 Å². The van der Waals surface area contributed by atoms with Crippen LogP contribution in [-0.2, 0) is 4.79 Å². The van der Waals surface area contributed by atoms with Gasteiger partial charge in [0.15, 0.2) is 0 Å². The Morgan fingerprint density at radius 3 is 2.62 bits per heavy atom. The number of benzene rings is 2. The second-order valence-electron chi connectivity index (χ2n) is 7.71. The van der Waals surface area contributed by atoms with Gasteiger partial charge in [0.05, 0.1) is 25.3 Å². The normalized spacial score (nSPS) is 16.6. The zero-order valence-corrected chi connectivity index (χ0v) is 17.1. The number of ether oxygens (including phenoxy) is 1. The minimum absolute atomic E-state index is 0.0358. The average Bonchev–Trinajstić information content (AvgIpc) is 3.47. The maximum Gasteiger partial charge on any atom is 0.227 e. The summed E-state index contributed by atoms with van der Waals surface area (Å²) in [5.41, 5.74) is 1.01. The quantitative estimate of drug-likeness (QED) is 0.643. The van der Waals surface area contributed by atoms with Gasteiger partial charge in [-0.25, -0.2) is 0 Å². The second kappa shape index (κ2) is 8.70. The highest BCUT2D eigenvalue weighted by atomic mass is 16.5. The van der Waals surface area contributed by atoms with Crippen LogP contribution in [0.3, 0.4) is 0 Å². The molecule has 2 atom stereocenters. The van der Waals surface area contributed by atoms with Crippen LogP contribution in [0, 0.1) is 0 Å². The van der Waals surface area contributed by atoms with Gasteiger partial charge in [0.25, 0.3) is 0 Å². The Morgan fingerprint density at radius 2 is 1.90 bits per heavy atom. The Hall–Kier alpha value is -2.79. The molecule has 152 valence electrons. The number of carbonyl (C=O) groups is 1. The van der Waals surface area contributed by atoms with E-state index in [4.69, 9.17) is 9.15 Å². The summed E-state index contributed by atoms with van der Waals surface area (Å²) in [5.74, 6) is 1.56. The smallest absolute Gasteiger partial charge is 0.227 e. The summed E-state index contributed by atoms with van der Waals surface area (Å²) in [4.78, 5) is 15.3. The Bertz CT molecular complexity index is 961. The third-order valence-electron chi connectivity index (χ3n) is 5.89. The fourth-order valence-electron chi connectivity index (χ4n) is 4.08. The third-order valence-corrected chi connectivity index (χ3v) is 5.89. The van der Waals surface area contributed by atoms with Crippen molar-refractivity contribution in [3.05, 3.63) is 66.1 Å². The number of rotatable bonds is 7. The molecule has 0 aliphatic carbocycles. The molecule has 5 nitrogen and oxygen atoms in total. The summed E-state index contributed by atoms with van der Waals surface area (Å²) in [6, 6.07) is 16.1. The first-order valence-electron chi connectivity index (χ1n) is 10.3. The summed E-state index contributed by atoms with van der Waals surface area (Å²) in [5, 5.41) is 5.36. The summed E-state index contributed by atoms with van der Waals surface area (Å²) in [6.45, 7) is 4.61. The van der Waals surface area contributed by atoms with Crippen LogP contribution in [0.5, 0.6) is 5.75 Å². The van der Waals surface area contributed by atoms with Crippen LogP contribution < -0.4 is 10.1 Å². The number of amides is 1. The van der Waals surface area contributed by atoms with Gasteiger partial charge in [0, 0.05) is 6.54 Å². The van der Waals surface area contributed by atoms with E-state index in [-0.39, 0.29) is 17.9 Å². The van der Waals surface area contributed by atoms with Crippen molar-refractivity contribution >= 4 is 16.7 Å². The second-order valence-corrected chi connectivity index (χ2v) is 7.71. The molecule has 1 saturated heterocycles. The maximum absolute atomic E-state index is 12.9. The number of methoxy groups -OCH3 is 1. The fourth-order valence-corrected chi connectivity index (χ4v) is 4.08. The van der Waals surface area contributed by atoms with Gasteiger partial charge < -0.3 is 14.5 Å². The van der Waals surface area contributed by atoms with Crippen molar-refractivity contribution in [2.75, 3.05) is 26.7 Å². The van der Waals surface area contributed by atoms with Gasteiger partial charge in [-0.15, -0.1) is 0 Å². The average molecular weight is 392 g/mol. The first kappa shape index (κ1) is 19.5. The molecule has 1 amide bonds. The molecule has 1 N–H and O–H groups in total. The molecule has 0 radical (unpaired) electrons. The number of nitrogens with one attached hydrogen (secondary N) is 1. The van der Waals surface area contributed by atoms with E-state index < -0.39 is 0 Å². The molecule has 29 heavy (non-hydrogen) atoms. The van der Waals surface area contributed by atoms with E-state index >= 15 is 0 Å². The highest BCUT2D eigenvalue weighted by Crippen LogP contribution is 2.27. The van der Waals surface area contributed by atoms with Crippen molar-refractivity contribution < 1.29 is 13.9 Å². The molecule has 2 heterocycles. The summed E-state index contributed by atoms with van der Waals surface area (Å²) < 4.78 is 10.9. The van der Waals surface area contributed by atoms with Gasteiger partial charge in [-0.05, 0) is 73.5 Å². The van der Waals surface area contributed by atoms with E-state index in [1.54, 1.807) is 13.4 Å². The van der Waals surface area contributed by atoms with Crippen LogP contribution >= 0.6 is 0 Å². The van der Waals surface area contributed by atoms with Crippen molar-refractivity contribution in [2.45, 2.75) is 31.7 Å². The molecule has 0 spiro atoms. The zero-order chi connectivity index (χ0) is 20.2. The summed E-state index contributed by atoms with van der Waals surface area (Å²) in [7, 11) is 1.67. The van der Waals surface area contributed by atoms with E-state index in [0.717, 1.165) is 40.9 Å². The Morgan fingerprint density at radius 1 is 1.14 bits per heavy atom. The molecule has 1 aliphatic rings. The molecule has 0 bridgehead atoms. The highest BCUT2D eigenvalue weighted by Gasteiger charge is 2.26. The van der Waals surface area contributed by atoms with Gasteiger partial charge in [0.1, 0.15) is 11.5 Å². The Kier molecular flexibility index (Phi) is 5.86. The lowest BCUT2D eigenvalue weighted by molar-refractivity contribution is -0.122. The molecule has 1 aromatic heterocycles. The van der Waals surface area contributed by atoms with Crippen molar-refractivity contribution in [1.82, 2.24) is 10.2 Å². The van der Waals surface area contributed by atoms with E-state index in [9.17, 15) is 4.79 Å². The molecule has 4 rings (SSSR count). The van der Waals surface area contributed by atoms with Crippen LogP contribution in [0.2, 0.25) is 0 Å². The fraction of sp³-hybridized carbons (Fsp3) is 0.375. The molecule has 0 saturated carbocycles. The molecule has 1 aliphatic heterocycles. The zero-order valence-electron chi connectivity index (χ0n) is 17.1. The van der Waals surface area contributed by atoms with Crippen molar-refractivity contribution in [3.63, 3.8) is 0 Å². The number of likely N-dealkylation sites (tertiary alicyclic amines) is 1. The first-order chi connectivity index (χ1) is 14.2. The topological polar surface area (TPSA) is 54.7 Å². The highest BCUT2D eigenvalue weighted by molar-refractivity contribution is 5.88. The molecule has 2 aromatic carbocycles. The summed E-state index contributed by atoms with van der Waals surface area (Å²) >= 11 is 0. The lowest BCUT2D eigenvalue weighted by Gasteiger charge is -2.26. The predicted molar refractivity (Wildman–Crippen MR) is 114 cm³/mol. The Labute approximate surface area is 171 Å².